The molecule has 0 N–H and O–H groups in total. The van der Waals surface area contributed by atoms with Gasteiger partial charge in [-0.1, -0.05) is 31.4 Å². The van der Waals surface area contributed by atoms with Crippen molar-refractivity contribution in [3.05, 3.63) is 23.6 Å². The average molecular weight is 337 g/mol. The van der Waals surface area contributed by atoms with Crippen LogP contribution in [-0.4, -0.2) is 34.3 Å². The number of halogens is 1. The van der Waals surface area contributed by atoms with E-state index in [0.717, 1.165) is 25.5 Å². The summed E-state index contributed by atoms with van der Waals surface area (Å²) in [5.74, 6) is 0.428. The van der Waals surface area contributed by atoms with Crippen LogP contribution in [0.1, 0.15) is 51.4 Å². The molecule has 2 atom stereocenters. The second-order valence-corrected chi connectivity index (χ2v) is 7.96. The molecule has 3 nitrogen and oxygen atoms in total. The van der Waals surface area contributed by atoms with Gasteiger partial charge in [-0.3, -0.25) is 4.79 Å². The van der Waals surface area contributed by atoms with E-state index < -0.39 is 0 Å². The van der Waals surface area contributed by atoms with Crippen LogP contribution in [0.2, 0.25) is 0 Å². The lowest BCUT2D eigenvalue weighted by atomic mass is 9.88. The summed E-state index contributed by atoms with van der Waals surface area (Å²) in [6.07, 6.45) is 12.0. The topological polar surface area (TPSA) is 37.4 Å². The van der Waals surface area contributed by atoms with Gasteiger partial charge in [-0.2, -0.15) is 0 Å². The lowest BCUT2D eigenvalue weighted by Crippen LogP contribution is -2.39. The minimum atomic E-state index is -0.350. The van der Waals surface area contributed by atoms with E-state index >= 15 is 0 Å². The van der Waals surface area contributed by atoms with Crippen molar-refractivity contribution in [1.82, 2.24) is 4.90 Å². The summed E-state index contributed by atoms with van der Waals surface area (Å²) < 4.78 is 14.3. The molecule has 1 saturated heterocycles. The lowest BCUT2D eigenvalue weighted by Gasteiger charge is -2.31. The number of amides is 1. The van der Waals surface area contributed by atoms with Crippen LogP contribution in [-0.2, 0) is 9.59 Å². The quantitative estimate of drug-likeness (QED) is 0.712. The number of allylic oxidation sites excluding steroid dienone is 2. The van der Waals surface area contributed by atoms with Gasteiger partial charge in [0.2, 0.25) is 5.91 Å². The number of carbonyl (C=O) groups is 2. The Morgan fingerprint density at radius 1 is 1.30 bits per heavy atom. The molecule has 0 radical (unpaired) electrons. The van der Waals surface area contributed by atoms with Gasteiger partial charge in [0.1, 0.15) is 17.5 Å². The van der Waals surface area contributed by atoms with E-state index in [1.54, 1.807) is 0 Å². The Kier molecular flexibility index (Phi) is 5.57. The van der Waals surface area contributed by atoms with Crippen molar-refractivity contribution < 1.29 is 14.0 Å². The van der Waals surface area contributed by atoms with Crippen LogP contribution in [0.15, 0.2) is 23.6 Å². The van der Waals surface area contributed by atoms with Crippen LogP contribution in [0, 0.1) is 5.92 Å². The molecular weight excluding hydrogens is 313 g/mol. The van der Waals surface area contributed by atoms with Gasteiger partial charge in [0.15, 0.2) is 0 Å². The van der Waals surface area contributed by atoms with E-state index in [2.05, 4.69) is 0 Å². The van der Waals surface area contributed by atoms with Gasteiger partial charge >= 0.3 is 0 Å². The third kappa shape index (κ3) is 3.70. The van der Waals surface area contributed by atoms with Crippen LogP contribution in [0.4, 0.5) is 4.39 Å². The van der Waals surface area contributed by atoms with E-state index in [0.29, 0.717) is 24.5 Å². The molecule has 0 bridgehead atoms. The normalized spacial score (nSPS) is 29.4. The number of thioether (sulfide) groups is 1. The number of carbonyl (C=O) groups excluding carboxylic acids is 2. The van der Waals surface area contributed by atoms with E-state index in [-0.39, 0.29) is 28.8 Å². The molecule has 23 heavy (non-hydrogen) atoms. The molecule has 0 spiro atoms. The summed E-state index contributed by atoms with van der Waals surface area (Å²) in [6, 6.07) is 0. The van der Waals surface area contributed by atoms with Crippen LogP contribution < -0.4 is 0 Å². The fraction of sp³-hybridized carbons (Fsp3) is 0.667. The van der Waals surface area contributed by atoms with E-state index in [1.807, 2.05) is 17.1 Å². The molecule has 1 heterocycles. The smallest absolute Gasteiger partial charge is 0.237 e. The van der Waals surface area contributed by atoms with Crippen molar-refractivity contribution in [2.24, 2.45) is 5.92 Å². The van der Waals surface area contributed by atoms with Crippen molar-refractivity contribution in [2.75, 3.05) is 6.54 Å². The predicted molar refractivity (Wildman–Crippen MR) is 90.6 cm³/mol. The van der Waals surface area contributed by atoms with Crippen molar-refractivity contribution in [3.63, 3.8) is 0 Å². The van der Waals surface area contributed by atoms with Gasteiger partial charge in [-0.25, -0.2) is 4.39 Å². The second kappa shape index (κ2) is 7.65. The van der Waals surface area contributed by atoms with Crippen molar-refractivity contribution in [3.8, 4) is 0 Å². The summed E-state index contributed by atoms with van der Waals surface area (Å²) in [7, 11) is 0. The Bertz CT molecular complexity index is 525. The minimum Gasteiger partial charge on any atom is -0.325 e. The summed E-state index contributed by atoms with van der Waals surface area (Å²) in [5.41, 5.74) is 0.638. The monoisotopic (exact) mass is 337 g/mol. The summed E-state index contributed by atoms with van der Waals surface area (Å²) in [5, 5.41) is -0.609. The van der Waals surface area contributed by atoms with Crippen LogP contribution >= 0.6 is 11.8 Å². The highest BCUT2D eigenvalue weighted by molar-refractivity contribution is 8.01. The molecule has 0 aromatic rings. The van der Waals surface area contributed by atoms with Gasteiger partial charge in [0.25, 0.3) is 0 Å². The molecule has 1 amide bonds. The van der Waals surface area contributed by atoms with Gasteiger partial charge < -0.3 is 9.69 Å². The zero-order valence-electron chi connectivity index (χ0n) is 13.4. The molecule has 1 saturated carbocycles. The summed E-state index contributed by atoms with van der Waals surface area (Å²) in [4.78, 5) is 25.4. The first kappa shape index (κ1) is 16.7. The molecule has 1 aliphatic heterocycles. The van der Waals surface area contributed by atoms with Gasteiger partial charge in [0.05, 0.1) is 5.25 Å². The first-order chi connectivity index (χ1) is 11.2. The molecule has 126 valence electrons. The van der Waals surface area contributed by atoms with E-state index in [1.165, 1.54) is 31.0 Å². The van der Waals surface area contributed by atoms with Gasteiger partial charge in [0, 0.05) is 25.0 Å². The van der Waals surface area contributed by atoms with Crippen molar-refractivity contribution in [1.29, 1.82) is 0 Å². The minimum absolute atomic E-state index is 0.0111. The molecule has 0 aromatic carbocycles. The number of rotatable bonds is 5. The first-order valence-electron chi connectivity index (χ1n) is 8.65. The predicted octanol–water partition coefficient (Wildman–Crippen LogP) is 4.00. The molecule has 2 fully saturated rings. The fourth-order valence-corrected chi connectivity index (χ4v) is 5.22. The van der Waals surface area contributed by atoms with E-state index in [9.17, 15) is 14.0 Å². The third-order valence-corrected chi connectivity index (χ3v) is 6.52. The maximum absolute atomic E-state index is 14.3. The van der Waals surface area contributed by atoms with Crippen LogP contribution in [0.25, 0.3) is 0 Å². The highest BCUT2D eigenvalue weighted by Crippen LogP contribution is 2.41. The Hall–Kier alpha value is -1.10. The standard InChI is InChI=1S/C18H24FNO2S/c19-15-9-5-4-8-14(15)18-20(12-13-6-2-1-3-7-13)17(22)16(23-18)10-11-21/h4,8,11,13,16,18H,1-3,5-7,9-10,12H2. The zero-order chi connectivity index (χ0) is 16.2. The fourth-order valence-electron chi connectivity index (χ4n) is 3.78. The molecule has 5 heteroatoms. The average Bonchev–Trinajstić information content (AvgIpc) is 2.86. The zero-order valence-corrected chi connectivity index (χ0v) is 14.2. The van der Waals surface area contributed by atoms with Crippen LogP contribution in [0.3, 0.4) is 0 Å². The number of hydrogen-bond donors (Lipinski definition) is 0. The maximum Gasteiger partial charge on any atom is 0.237 e. The highest BCUT2D eigenvalue weighted by Gasteiger charge is 2.43. The van der Waals surface area contributed by atoms with Gasteiger partial charge in [-0.15, -0.1) is 11.8 Å². The molecule has 0 aromatic heterocycles. The molecule has 2 unspecified atom stereocenters. The molecule has 3 aliphatic rings. The summed E-state index contributed by atoms with van der Waals surface area (Å²) in [6.45, 7) is 0.705. The molecular formula is C18H24FNO2S. The highest BCUT2D eigenvalue weighted by atomic mass is 32.2. The maximum atomic E-state index is 14.3. The van der Waals surface area contributed by atoms with Crippen LogP contribution in [0.5, 0.6) is 0 Å². The third-order valence-electron chi connectivity index (χ3n) is 5.03. The lowest BCUT2D eigenvalue weighted by molar-refractivity contribution is -0.131. The second-order valence-electron chi connectivity index (χ2n) is 6.68. The van der Waals surface area contributed by atoms with Crippen molar-refractivity contribution >= 4 is 24.0 Å². The van der Waals surface area contributed by atoms with Crippen molar-refractivity contribution in [2.45, 2.75) is 62.0 Å². The Morgan fingerprint density at radius 3 is 2.78 bits per heavy atom. The Morgan fingerprint density at radius 2 is 2.09 bits per heavy atom. The molecule has 3 rings (SSSR count). The Balaban J connectivity index is 1.80. The number of hydrogen-bond acceptors (Lipinski definition) is 3. The molecule has 2 aliphatic carbocycles. The first-order valence-corrected chi connectivity index (χ1v) is 9.59. The Labute approximate surface area is 141 Å². The largest absolute Gasteiger partial charge is 0.325 e. The van der Waals surface area contributed by atoms with Gasteiger partial charge in [-0.05, 0) is 25.2 Å². The number of aldehydes is 1. The number of nitrogens with zero attached hydrogens (tertiary/aromatic N) is 1. The SMILES string of the molecule is O=CCC1SC(C2=C(F)CCC=C2)N(CC2CCCCC2)C1=O. The van der Waals surface area contributed by atoms with E-state index in [4.69, 9.17) is 0 Å². The summed E-state index contributed by atoms with van der Waals surface area (Å²) >= 11 is 1.45.